The van der Waals surface area contributed by atoms with E-state index >= 15 is 0 Å². The van der Waals surface area contributed by atoms with Crippen molar-refractivity contribution >= 4 is 0 Å². The molecule has 0 spiro atoms. The molecule has 4 aliphatic rings. The summed E-state index contributed by atoms with van der Waals surface area (Å²) in [4.78, 5) is 0. The van der Waals surface area contributed by atoms with Crippen molar-refractivity contribution in [2.75, 3.05) is 0 Å². The third-order valence-corrected chi connectivity index (χ3v) is 6.53. The Bertz CT molecular complexity index is 484. The summed E-state index contributed by atoms with van der Waals surface area (Å²) in [5.74, 6) is 3.70. The van der Waals surface area contributed by atoms with Gasteiger partial charge >= 0.3 is 0 Å². The minimum absolute atomic E-state index is 0.433. The van der Waals surface area contributed by atoms with Gasteiger partial charge in [0.15, 0.2) is 0 Å². The molecule has 0 radical (unpaired) electrons. The third kappa shape index (κ3) is 1.67. The lowest BCUT2D eigenvalue weighted by molar-refractivity contribution is 0.0245. The molecule has 1 heteroatoms. The summed E-state index contributed by atoms with van der Waals surface area (Å²) in [6.45, 7) is 2.54. The SMILES string of the molecule is C[C@@]12CCC[C@H]1[C@@H]1CC=C3C=C(O)C=C[C@@H]3[C@H]1CC2. The fourth-order valence-electron chi connectivity index (χ4n) is 5.58. The highest BCUT2D eigenvalue weighted by Gasteiger charge is 2.51. The van der Waals surface area contributed by atoms with Crippen molar-refractivity contribution in [1.29, 1.82) is 0 Å². The van der Waals surface area contributed by atoms with Crippen molar-refractivity contribution in [3.8, 4) is 0 Å². The Balaban J connectivity index is 1.68. The molecule has 0 aromatic carbocycles. The van der Waals surface area contributed by atoms with Crippen LogP contribution in [0.3, 0.4) is 0 Å². The van der Waals surface area contributed by atoms with Crippen molar-refractivity contribution < 1.29 is 5.11 Å². The zero-order valence-corrected chi connectivity index (χ0v) is 11.8. The first kappa shape index (κ1) is 11.8. The number of fused-ring (bicyclic) bond motifs is 5. The smallest absolute Gasteiger partial charge is 0.115 e. The lowest BCUT2D eigenvalue weighted by Crippen LogP contribution is -2.42. The second-order valence-corrected chi connectivity index (χ2v) is 7.41. The van der Waals surface area contributed by atoms with E-state index in [9.17, 15) is 5.11 Å². The molecule has 0 aliphatic heterocycles. The predicted octanol–water partition coefficient (Wildman–Crippen LogP) is 4.78. The average molecular weight is 256 g/mol. The molecule has 2 fully saturated rings. The summed E-state index contributed by atoms with van der Waals surface area (Å²) in [7, 11) is 0. The molecule has 0 bridgehead atoms. The van der Waals surface area contributed by atoms with Crippen LogP contribution < -0.4 is 0 Å². The number of hydrogen-bond donors (Lipinski definition) is 1. The zero-order valence-electron chi connectivity index (χ0n) is 11.8. The summed E-state index contributed by atoms with van der Waals surface area (Å²) < 4.78 is 0. The summed E-state index contributed by atoms with van der Waals surface area (Å²) in [6.07, 6.45) is 17.0. The number of aliphatic hydroxyl groups is 1. The fraction of sp³-hybridized carbons (Fsp3) is 0.667. The lowest BCUT2D eigenvalue weighted by atomic mass is 9.54. The molecular weight excluding hydrogens is 232 g/mol. The summed E-state index contributed by atoms with van der Waals surface area (Å²) in [5, 5.41) is 9.67. The third-order valence-electron chi connectivity index (χ3n) is 6.53. The van der Waals surface area contributed by atoms with Crippen molar-refractivity contribution in [1.82, 2.24) is 0 Å². The normalized spacial score (nSPS) is 47.8. The lowest BCUT2D eigenvalue weighted by Gasteiger charge is -2.50. The molecule has 0 aromatic heterocycles. The van der Waals surface area contributed by atoms with Gasteiger partial charge in [-0.3, -0.25) is 0 Å². The Hall–Kier alpha value is -0.980. The fourth-order valence-corrected chi connectivity index (χ4v) is 5.58. The maximum absolute atomic E-state index is 9.67. The van der Waals surface area contributed by atoms with Gasteiger partial charge in [-0.05, 0) is 73.0 Å². The Morgan fingerprint density at radius 1 is 1.21 bits per heavy atom. The number of allylic oxidation sites excluding steroid dienone is 5. The highest BCUT2D eigenvalue weighted by molar-refractivity contribution is 5.38. The quantitative estimate of drug-likeness (QED) is 0.661. The molecular formula is C18H24O. The molecule has 4 aliphatic carbocycles. The molecule has 5 atom stereocenters. The van der Waals surface area contributed by atoms with Gasteiger partial charge in [0.25, 0.3) is 0 Å². The van der Waals surface area contributed by atoms with Crippen LogP contribution in [0, 0.1) is 29.1 Å². The highest BCUT2D eigenvalue weighted by Crippen LogP contribution is 2.60. The standard InChI is InChI=1S/C18H24O/c1-18-9-2-3-17(18)16-6-4-12-11-13(19)5-7-14(12)15(16)8-10-18/h4-5,7,11,14-17,19H,2-3,6,8-10H2,1H3/t14-,15+,16+,17-,18-/m0/s1. The van der Waals surface area contributed by atoms with E-state index in [1.54, 1.807) is 0 Å². The molecule has 0 heterocycles. The van der Waals surface area contributed by atoms with Crippen LogP contribution in [-0.2, 0) is 0 Å². The molecule has 1 N–H and O–H groups in total. The largest absolute Gasteiger partial charge is 0.508 e. The van der Waals surface area contributed by atoms with Crippen molar-refractivity contribution in [2.45, 2.75) is 45.4 Å². The minimum atomic E-state index is 0.433. The van der Waals surface area contributed by atoms with Gasteiger partial charge < -0.3 is 5.11 Å². The van der Waals surface area contributed by atoms with Crippen LogP contribution in [0.1, 0.15) is 45.4 Å². The first-order valence-electron chi connectivity index (χ1n) is 7.96. The zero-order chi connectivity index (χ0) is 13.0. The van der Waals surface area contributed by atoms with Gasteiger partial charge in [0.05, 0.1) is 0 Å². The van der Waals surface area contributed by atoms with Crippen molar-refractivity contribution in [3.63, 3.8) is 0 Å². The highest BCUT2D eigenvalue weighted by atomic mass is 16.3. The molecule has 1 nitrogen and oxygen atoms in total. The topological polar surface area (TPSA) is 20.2 Å². The van der Waals surface area contributed by atoms with E-state index in [-0.39, 0.29) is 0 Å². The molecule has 0 aromatic rings. The van der Waals surface area contributed by atoms with Crippen LogP contribution in [0.15, 0.2) is 35.6 Å². The minimum Gasteiger partial charge on any atom is -0.508 e. The Kier molecular flexibility index (Phi) is 2.49. The van der Waals surface area contributed by atoms with Gasteiger partial charge in [0, 0.05) is 5.92 Å². The van der Waals surface area contributed by atoms with Gasteiger partial charge in [0.1, 0.15) is 5.76 Å². The summed E-state index contributed by atoms with van der Waals surface area (Å²) >= 11 is 0. The van der Waals surface area contributed by atoms with Crippen molar-refractivity contribution in [2.24, 2.45) is 29.1 Å². The first-order chi connectivity index (χ1) is 9.17. The van der Waals surface area contributed by atoms with E-state index in [1.807, 2.05) is 12.2 Å². The predicted molar refractivity (Wildman–Crippen MR) is 77.7 cm³/mol. The second-order valence-electron chi connectivity index (χ2n) is 7.41. The molecule has 19 heavy (non-hydrogen) atoms. The Labute approximate surface area is 116 Å². The van der Waals surface area contributed by atoms with Crippen LogP contribution in [0.5, 0.6) is 0 Å². The van der Waals surface area contributed by atoms with Crippen LogP contribution in [0.25, 0.3) is 0 Å². The van der Waals surface area contributed by atoms with Gasteiger partial charge in [-0.1, -0.05) is 25.5 Å². The molecule has 0 unspecified atom stereocenters. The molecule has 0 amide bonds. The maximum Gasteiger partial charge on any atom is 0.115 e. The van der Waals surface area contributed by atoms with E-state index in [0.717, 1.165) is 17.8 Å². The van der Waals surface area contributed by atoms with Gasteiger partial charge in [0.2, 0.25) is 0 Å². The summed E-state index contributed by atoms with van der Waals surface area (Å²) in [5.41, 5.74) is 2.02. The molecule has 2 saturated carbocycles. The maximum atomic E-state index is 9.67. The second kappa shape index (κ2) is 4.01. The molecule has 102 valence electrons. The average Bonchev–Trinajstić information content (AvgIpc) is 2.79. The van der Waals surface area contributed by atoms with Crippen LogP contribution in [-0.4, -0.2) is 5.11 Å². The van der Waals surface area contributed by atoms with E-state index < -0.39 is 0 Å². The van der Waals surface area contributed by atoms with E-state index in [2.05, 4.69) is 19.1 Å². The number of rotatable bonds is 0. The van der Waals surface area contributed by atoms with E-state index in [0.29, 0.717) is 17.1 Å². The molecule has 0 saturated heterocycles. The van der Waals surface area contributed by atoms with Gasteiger partial charge in [-0.2, -0.15) is 0 Å². The van der Waals surface area contributed by atoms with E-state index in [1.165, 1.54) is 44.1 Å². The van der Waals surface area contributed by atoms with Crippen molar-refractivity contribution in [3.05, 3.63) is 35.6 Å². The number of aliphatic hydroxyl groups excluding tert-OH is 1. The van der Waals surface area contributed by atoms with Gasteiger partial charge in [-0.15, -0.1) is 0 Å². The number of hydrogen-bond acceptors (Lipinski definition) is 1. The van der Waals surface area contributed by atoms with Crippen LogP contribution in [0.4, 0.5) is 0 Å². The van der Waals surface area contributed by atoms with Crippen LogP contribution >= 0.6 is 0 Å². The van der Waals surface area contributed by atoms with Gasteiger partial charge in [-0.25, -0.2) is 0 Å². The Morgan fingerprint density at radius 3 is 3.00 bits per heavy atom. The summed E-state index contributed by atoms with van der Waals surface area (Å²) in [6, 6.07) is 0. The van der Waals surface area contributed by atoms with Crippen LogP contribution in [0.2, 0.25) is 0 Å². The molecule has 4 rings (SSSR count). The Morgan fingerprint density at radius 2 is 2.11 bits per heavy atom. The van der Waals surface area contributed by atoms with E-state index in [4.69, 9.17) is 0 Å². The monoisotopic (exact) mass is 256 g/mol. The first-order valence-corrected chi connectivity index (χ1v) is 7.96.